The molecule has 0 unspecified atom stereocenters. The molecule has 1 heterocycles. The average molecular weight is 428 g/mol. The van der Waals surface area contributed by atoms with Crippen LogP contribution in [0.5, 0.6) is 0 Å². The van der Waals surface area contributed by atoms with Crippen LogP contribution < -0.4 is 5.32 Å². The first-order valence-corrected chi connectivity index (χ1v) is 11.6. The third-order valence-electron chi connectivity index (χ3n) is 5.35. The summed E-state index contributed by atoms with van der Waals surface area (Å²) in [6.07, 6.45) is 4.61. The lowest BCUT2D eigenvalue weighted by Crippen LogP contribution is -2.16. The highest BCUT2D eigenvalue weighted by atomic mass is 32.2. The largest absolute Gasteiger partial charge is 0.320 e. The predicted octanol–water partition coefficient (Wildman–Crippen LogP) is 3.85. The van der Waals surface area contributed by atoms with Crippen LogP contribution in [0.25, 0.3) is 5.69 Å². The number of hydrogen-bond acceptors (Lipinski definition) is 4. The number of nitrogens with zero attached hydrogens (tertiary/aromatic N) is 2. The highest BCUT2D eigenvalue weighted by molar-refractivity contribution is 7.90. The molecule has 156 valence electrons. The number of aryl methyl sites for hydroxylation is 1. The number of aromatic nitrogens is 2. The molecule has 3 aromatic rings. The van der Waals surface area contributed by atoms with Gasteiger partial charge in [-0.3, -0.25) is 4.79 Å². The van der Waals surface area contributed by atoms with Gasteiger partial charge in [-0.2, -0.15) is 5.10 Å². The third-order valence-corrected chi connectivity index (χ3v) is 6.46. The molecule has 0 bridgehead atoms. The molecule has 8 heteroatoms. The number of sulfone groups is 1. The van der Waals surface area contributed by atoms with Crippen LogP contribution in [0, 0.1) is 12.7 Å². The minimum absolute atomic E-state index is 0.141. The van der Waals surface area contributed by atoms with Crippen molar-refractivity contribution in [3.63, 3.8) is 0 Å². The van der Waals surface area contributed by atoms with Crippen molar-refractivity contribution in [1.82, 2.24) is 9.78 Å². The topological polar surface area (TPSA) is 81.1 Å². The summed E-state index contributed by atoms with van der Waals surface area (Å²) < 4.78 is 38.8. The number of halogens is 1. The van der Waals surface area contributed by atoms with Gasteiger partial charge in [0.05, 0.1) is 10.6 Å². The van der Waals surface area contributed by atoms with Crippen molar-refractivity contribution in [3.8, 4) is 5.69 Å². The monoisotopic (exact) mass is 427 g/mol. The van der Waals surface area contributed by atoms with Gasteiger partial charge in [0.15, 0.2) is 15.5 Å². The maximum atomic E-state index is 13.3. The van der Waals surface area contributed by atoms with Crippen LogP contribution in [-0.4, -0.2) is 30.4 Å². The van der Waals surface area contributed by atoms with Gasteiger partial charge in [0.1, 0.15) is 5.82 Å². The highest BCUT2D eigenvalue weighted by Gasteiger charge is 2.26. The van der Waals surface area contributed by atoms with E-state index in [2.05, 4.69) is 10.4 Å². The maximum Gasteiger partial charge on any atom is 0.276 e. The number of carbonyl (C=O) groups is 1. The molecule has 1 aliphatic carbocycles. The van der Waals surface area contributed by atoms with Gasteiger partial charge < -0.3 is 5.32 Å². The fourth-order valence-electron chi connectivity index (χ4n) is 3.73. The number of amides is 1. The van der Waals surface area contributed by atoms with Crippen LogP contribution >= 0.6 is 0 Å². The van der Waals surface area contributed by atoms with Crippen LogP contribution in [0.3, 0.4) is 0 Å². The molecule has 30 heavy (non-hydrogen) atoms. The van der Waals surface area contributed by atoms with Gasteiger partial charge in [0, 0.05) is 23.2 Å². The second-order valence-electron chi connectivity index (χ2n) is 7.57. The van der Waals surface area contributed by atoms with Crippen LogP contribution in [0.15, 0.2) is 47.4 Å². The van der Waals surface area contributed by atoms with Crippen molar-refractivity contribution < 1.29 is 17.6 Å². The molecule has 0 aliphatic heterocycles. The van der Waals surface area contributed by atoms with Crippen molar-refractivity contribution >= 4 is 21.4 Å². The standard InChI is InChI=1S/C22H22FN3O3S/c1-14-7-12-17(30(2,28)29)13-19(14)24-22(27)21-18-5-3-4-6-20(18)26(25-21)16-10-8-15(23)9-11-16/h7-13H,3-6H2,1-2H3,(H,24,27). The highest BCUT2D eigenvalue weighted by Crippen LogP contribution is 2.28. The summed E-state index contributed by atoms with van der Waals surface area (Å²) in [5.74, 6) is -0.721. The Morgan fingerprint density at radius 1 is 1.10 bits per heavy atom. The summed E-state index contributed by atoms with van der Waals surface area (Å²) in [4.78, 5) is 13.2. The molecular weight excluding hydrogens is 405 g/mol. The van der Waals surface area contributed by atoms with Crippen LogP contribution in [-0.2, 0) is 22.7 Å². The molecule has 2 aromatic carbocycles. The van der Waals surface area contributed by atoms with Crippen molar-refractivity contribution in [1.29, 1.82) is 0 Å². The Morgan fingerprint density at radius 3 is 2.50 bits per heavy atom. The number of fused-ring (bicyclic) bond motifs is 1. The van der Waals surface area contributed by atoms with Crippen LogP contribution in [0.1, 0.15) is 40.2 Å². The minimum Gasteiger partial charge on any atom is -0.320 e. The minimum atomic E-state index is -3.39. The fourth-order valence-corrected chi connectivity index (χ4v) is 4.37. The molecule has 1 aromatic heterocycles. The Hall–Kier alpha value is -3.00. The van der Waals surface area contributed by atoms with E-state index in [9.17, 15) is 17.6 Å². The van der Waals surface area contributed by atoms with Gasteiger partial charge in [-0.1, -0.05) is 6.07 Å². The molecule has 6 nitrogen and oxygen atoms in total. The fraction of sp³-hybridized carbons (Fsp3) is 0.273. The number of rotatable bonds is 4. The zero-order chi connectivity index (χ0) is 21.5. The van der Waals surface area contributed by atoms with E-state index >= 15 is 0 Å². The summed E-state index contributed by atoms with van der Waals surface area (Å²) in [5, 5.41) is 7.38. The van der Waals surface area contributed by atoms with E-state index in [4.69, 9.17) is 0 Å². The molecule has 1 amide bonds. The number of anilines is 1. The van der Waals surface area contributed by atoms with Gasteiger partial charge in [-0.05, 0) is 74.6 Å². The molecule has 0 saturated carbocycles. The molecule has 4 rings (SSSR count). The molecule has 0 spiro atoms. The maximum absolute atomic E-state index is 13.3. The lowest BCUT2D eigenvalue weighted by Gasteiger charge is -2.14. The SMILES string of the molecule is Cc1ccc(S(C)(=O)=O)cc1NC(=O)c1nn(-c2ccc(F)cc2)c2c1CCCC2. The van der Waals surface area contributed by atoms with Crippen LogP contribution in [0.4, 0.5) is 10.1 Å². The van der Waals surface area contributed by atoms with E-state index in [1.807, 2.05) is 0 Å². The van der Waals surface area contributed by atoms with E-state index in [1.165, 1.54) is 24.3 Å². The Kier molecular flexibility index (Phi) is 5.19. The number of benzene rings is 2. The predicted molar refractivity (Wildman–Crippen MR) is 112 cm³/mol. The average Bonchev–Trinajstić information content (AvgIpc) is 3.09. The quantitative estimate of drug-likeness (QED) is 0.686. The smallest absolute Gasteiger partial charge is 0.276 e. The van der Waals surface area contributed by atoms with E-state index in [-0.39, 0.29) is 16.6 Å². The second kappa shape index (κ2) is 7.68. The van der Waals surface area contributed by atoms with E-state index in [0.29, 0.717) is 17.1 Å². The zero-order valence-electron chi connectivity index (χ0n) is 16.8. The number of nitrogens with one attached hydrogen (secondary N) is 1. The summed E-state index contributed by atoms with van der Waals surface area (Å²) in [6, 6.07) is 10.7. The Morgan fingerprint density at radius 2 is 1.80 bits per heavy atom. The van der Waals surface area contributed by atoms with Crippen molar-refractivity contribution in [2.75, 3.05) is 11.6 Å². The molecule has 1 N–H and O–H groups in total. The van der Waals surface area contributed by atoms with Gasteiger partial charge in [0.25, 0.3) is 5.91 Å². The molecule has 0 radical (unpaired) electrons. The number of carbonyl (C=O) groups excluding carboxylic acids is 1. The Balaban J connectivity index is 1.73. The van der Waals surface area contributed by atoms with Crippen molar-refractivity contribution in [2.45, 2.75) is 37.5 Å². The van der Waals surface area contributed by atoms with Gasteiger partial charge in [-0.25, -0.2) is 17.5 Å². The Labute approximate surface area is 174 Å². The number of hydrogen-bond donors (Lipinski definition) is 1. The van der Waals surface area contributed by atoms with Crippen molar-refractivity contribution in [3.05, 3.63) is 70.8 Å². The molecule has 1 aliphatic rings. The summed E-state index contributed by atoms with van der Waals surface area (Å²) in [7, 11) is -3.39. The van der Waals surface area contributed by atoms with E-state index in [1.54, 1.807) is 29.8 Å². The second-order valence-corrected chi connectivity index (χ2v) is 9.59. The first kappa shape index (κ1) is 20.3. The lowest BCUT2D eigenvalue weighted by atomic mass is 9.95. The van der Waals surface area contributed by atoms with Crippen molar-refractivity contribution in [2.24, 2.45) is 0 Å². The van der Waals surface area contributed by atoms with Gasteiger partial charge >= 0.3 is 0 Å². The van der Waals surface area contributed by atoms with Gasteiger partial charge in [-0.15, -0.1) is 0 Å². The van der Waals surface area contributed by atoms with Crippen LogP contribution in [0.2, 0.25) is 0 Å². The first-order chi connectivity index (χ1) is 14.2. The summed E-state index contributed by atoms with van der Waals surface area (Å²) in [6.45, 7) is 1.80. The molecule has 0 fully saturated rings. The Bertz CT molecular complexity index is 1230. The zero-order valence-corrected chi connectivity index (χ0v) is 17.6. The van der Waals surface area contributed by atoms with Gasteiger partial charge in [0.2, 0.25) is 0 Å². The first-order valence-electron chi connectivity index (χ1n) is 9.73. The molecular formula is C22H22FN3O3S. The normalized spacial score (nSPS) is 13.7. The summed E-state index contributed by atoms with van der Waals surface area (Å²) in [5.41, 5.74) is 4.05. The van der Waals surface area contributed by atoms with E-state index < -0.39 is 9.84 Å². The lowest BCUT2D eigenvalue weighted by molar-refractivity contribution is 0.102. The third kappa shape index (κ3) is 3.87. The van der Waals surface area contributed by atoms with E-state index in [0.717, 1.165) is 48.8 Å². The molecule has 0 atom stereocenters. The molecule has 0 saturated heterocycles. The summed E-state index contributed by atoms with van der Waals surface area (Å²) >= 11 is 0.